The summed E-state index contributed by atoms with van der Waals surface area (Å²) in [5, 5.41) is 0. The lowest BCUT2D eigenvalue weighted by molar-refractivity contribution is 0.584. The first-order valence-corrected chi connectivity index (χ1v) is 7.61. The minimum atomic E-state index is 1.35. The van der Waals surface area contributed by atoms with Crippen molar-refractivity contribution in [1.29, 1.82) is 0 Å². The SMILES string of the molecule is CCCCCCCCCC1=CCCCCC1. The highest BCUT2D eigenvalue weighted by Crippen LogP contribution is 2.22. The van der Waals surface area contributed by atoms with Crippen LogP contribution >= 0.6 is 0 Å². The Kier molecular flexibility index (Phi) is 8.57. The van der Waals surface area contributed by atoms with Gasteiger partial charge in [-0.1, -0.05) is 63.5 Å². The molecule has 94 valence electrons. The summed E-state index contributed by atoms with van der Waals surface area (Å²) in [5.74, 6) is 0. The van der Waals surface area contributed by atoms with Gasteiger partial charge in [-0.15, -0.1) is 0 Å². The van der Waals surface area contributed by atoms with Crippen LogP contribution in [0.1, 0.15) is 90.4 Å². The minimum Gasteiger partial charge on any atom is -0.0853 e. The van der Waals surface area contributed by atoms with Gasteiger partial charge in [0.15, 0.2) is 0 Å². The van der Waals surface area contributed by atoms with Gasteiger partial charge in [-0.25, -0.2) is 0 Å². The average molecular weight is 222 g/mol. The Labute approximate surface area is 103 Å². The minimum absolute atomic E-state index is 1.35. The highest BCUT2D eigenvalue weighted by Gasteiger charge is 2.02. The monoisotopic (exact) mass is 222 g/mol. The summed E-state index contributed by atoms with van der Waals surface area (Å²) in [6.07, 6.45) is 21.1. The highest BCUT2D eigenvalue weighted by atomic mass is 14.1. The van der Waals surface area contributed by atoms with E-state index in [9.17, 15) is 0 Å². The largest absolute Gasteiger partial charge is 0.0853 e. The number of hydrogen-bond donors (Lipinski definition) is 0. The molecule has 0 aromatic rings. The Morgan fingerprint density at radius 2 is 1.62 bits per heavy atom. The smallest absolute Gasteiger partial charge is 0.0320 e. The summed E-state index contributed by atoms with van der Waals surface area (Å²) >= 11 is 0. The fourth-order valence-electron chi connectivity index (χ4n) is 2.62. The van der Waals surface area contributed by atoms with E-state index in [0.29, 0.717) is 0 Å². The number of rotatable bonds is 8. The van der Waals surface area contributed by atoms with E-state index < -0.39 is 0 Å². The zero-order valence-electron chi connectivity index (χ0n) is 11.3. The van der Waals surface area contributed by atoms with Crippen LogP contribution in [0.3, 0.4) is 0 Å². The van der Waals surface area contributed by atoms with Crippen molar-refractivity contribution in [2.24, 2.45) is 0 Å². The Bertz CT molecular complexity index is 178. The second kappa shape index (κ2) is 9.93. The molecule has 0 N–H and O–H groups in total. The van der Waals surface area contributed by atoms with Gasteiger partial charge in [0.05, 0.1) is 0 Å². The van der Waals surface area contributed by atoms with E-state index in [1.807, 2.05) is 0 Å². The average Bonchev–Trinajstić information content (AvgIpc) is 2.56. The van der Waals surface area contributed by atoms with Crippen LogP contribution in [0.5, 0.6) is 0 Å². The zero-order chi connectivity index (χ0) is 11.5. The van der Waals surface area contributed by atoms with Crippen molar-refractivity contribution in [1.82, 2.24) is 0 Å². The van der Waals surface area contributed by atoms with Crippen LogP contribution in [0.4, 0.5) is 0 Å². The van der Waals surface area contributed by atoms with Crippen LogP contribution in [-0.2, 0) is 0 Å². The molecule has 0 saturated carbocycles. The maximum atomic E-state index is 2.53. The third-order valence-electron chi connectivity index (χ3n) is 3.74. The van der Waals surface area contributed by atoms with Gasteiger partial charge in [-0.2, -0.15) is 0 Å². The Balaban J connectivity index is 1.91. The second-order valence-corrected chi connectivity index (χ2v) is 5.33. The molecule has 1 aliphatic rings. The molecule has 0 aromatic carbocycles. The summed E-state index contributed by atoms with van der Waals surface area (Å²) in [5.41, 5.74) is 1.77. The van der Waals surface area contributed by atoms with Gasteiger partial charge in [0.2, 0.25) is 0 Å². The highest BCUT2D eigenvalue weighted by molar-refractivity contribution is 5.03. The van der Waals surface area contributed by atoms with Crippen molar-refractivity contribution in [3.8, 4) is 0 Å². The van der Waals surface area contributed by atoms with E-state index in [1.54, 1.807) is 5.57 Å². The molecule has 0 aromatic heterocycles. The predicted octanol–water partition coefficient (Wildman–Crippen LogP) is 6.02. The number of unbranched alkanes of at least 4 members (excludes halogenated alkanes) is 6. The standard InChI is InChI=1S/C16H30/c1-2-3-4-5-6-7-10-13-16-14-11-8-9-12-15-16/h14H,2-13,15H2,1H3. The fraction of sp³-hybridized carbons (Fsp3) is 0.875. The first-order valence-electron chi connectivity index (χ1n) is 7.61. The lowest BCUT2D eigenvalue weighted by Gasteiger charge is -2.05. The lowest BCUT2D eigenvalue weighted by Crippen LogP contribution is -1.85. The summed E-state index contributed by atoms with van der Waals surface area (Å²) in [4.78, 5) is 0. The summed E-state index contributed by atoms with van der Waals surface area (Å²) < 4.78 is 0. The summed E-state index contributed by atoms with van der Waals surface area (Å²) in [6, 6.07) is 0. The number of hydrogen-bond acceptors (Lipinski definition) is 0. The zero-order valence-corrected chi connectivity index (χ0v) is 11.3. The summed E-state index contributed by atoms with van der Waals surface area (Å²) in [6.45, 7) is 2.29. The van der Waals surface area contributed by atoms with Crippen molar-refractivity contribution in [2.45, 2.75) is 90.4 Å². The molecular weight excluding hydrogens is 192 g/mol. The second-order valence-electron chi connectivity index (χ2n) is 5.33. The van der Waals surface area contributed by atoms with Gasteiger partial charge in [0.25, 0.3) is 0 Å². The van der Waals surface area contributed by atoms with Crippen LogP contribution in [-0.4, -0.2) is 0 Å². The molecule has 0 saturated heterocycles. The van der Waals surface area contributed by atoms with Crippen LogP contribution in [0, 0.1) is 0 Å². The molecule has 0 fully saturated rings. The molecule has 0 aliphatic heterocycles. The molecule has 16 heavy (non-hydrogen) atoms. The Morgan fingerprint density at radius 3 is 2.44 bits per heavy atom. The Hall–Kier alpha value is -0.260. The molecule has 0 unspecified atom stereocenters. The van der Waals surface area contributed by atoms with Crippen molar-refractivity contribution in [2.75, 3.05) is 0 Å². The molecule has 1 aliphatic carbocycles. The number of allylic oxidation sites excluding steroid dienone is 2. The molecule has 0 amide bonds. The maximum Gasteiger partial charge on any atom is -0.0320 e. The van der Waals surface area contributed by atoms with Crippen LogP contribution in [0.15, 0.2) is 11.6 Å². The molecular formula is C16H30. The fourth-order valence-corrected chi connectivity index (χ4v) is 2.62. The van der Waals surface area contributed by atoms with Gasteiger partial charge in [0, 0.05) is 0 Å². The quantitative estimate of drug-likeness (QED) is 0.348. The molecule has 1 rings (SSSR count). The van der Waals surface area contributed by atoms with E-state index >= 15 is 0 Å². The van der Waals surface area contributed by atoms with E-state index in [1.165, 1.54) is 83.5 Å². The summed E-state index contributed by atoms with van der Waals surface area (Å²) in [7, 11) is 0. The van der Waals surface area contributed by atoms with Crippen molar-refractivity contribution >= 4 is 0 Å². The molecule has 0 atom stereocenters. The van der Waals surface area contributed by atoms with Crippen molar-refractivity contribution in [3.05, 3.63) is 11.6 Å². The molecule has 0 nitrogen and oxygen atoms in total. The molecule has 0 heterocycles. The van der Waals surface area contributed by atoms with Gasteiger partial charge >= 0.3 is 0 Å². The predicted molar refractivity (Wildman–Crippen MR) is 73.8 cm³/mol. The topological polar surface area (TPSA) is 0 Å². The maximum absolute atomic E-state index is 2.53. The normalized spacial score (nSPS) is 16.9. The van der Waals surface area contributed by atoms with E-state index in [0.717, 1.165) is 0 Å². The first kappa shape index (κ1) is 13.8. The molecule has 0 bridgehead atoms. The van der Waals surface area contributed by atoms with E-state index in [2.05, 4.69) is 13.0 Å². The van der Waals surface area contributed by atoms with E-state index in [4.69, 9.17) is 0 Å². The van der Waals surface area contributed by atoms with Crippen LogP contribution in [0.25, 0.3) is 0 Å². The van der Waals surface area contributed by atoms with E-state index in [-0.39, 0.29) is 0 Å². The van der Waals surface area contributed by atoms with Gasteiger partial charge in [-0.3, -0.25) is 0 Å². The first-order chi connectivity index (χ1) is 7.93. The van der Waals surface area contributed by atoms with Crippen molar-refractivity contribution in [3.63, 3.8) is 0 Å². The van der Waals surface area contributed by atoms with Gasteiger partial charge in [-0.05, 0) is 38.5 Å². The van der Waals surface area contributed by atoms with Crippen LogP contribution in [0.2, 0.25) is 0 Å². The lowest BCUT2D eigenvalue weighted by atomic mass is 10.0. The molecule has 0 spiro atoms. The molecule has 0 radical (unpaired) electrons. The van der Waals surface area contributed by atoms with Gasteiger partial charge < -0.3 is 0 Å². The third-order valence-corrected chi connectivity index (χ3v) is 3.74. The third kappa shape index (κ3) is 7.09. The van der Waals surface area contributed by atoms with Crippen molar-refractivity contribution < 1.29 is 0 Å². The van der Waals surface area contributed by atoms with Crippen LogP contribution < -0.4 is 0 Å². The molecule has 0 heteroatoms. The van der Waals surface area contributed by atoms with Gasteiger partial charge in [0.1, 0.15) is 0 Å². The Morgan fingerprint density at radius 1 is 0.875 bits per heavy atom.